The van der Waals surface area contributed by atoms with Gasteiger partial charge in [-0.3, -0.25) is 0 Å². The van der Waals surface area contributed by atoms with Gasteiger partial charge >= 0.3 is 8.60 Å². The molecule has 1 aromatic rings. The van der Waals surface area contributed by atoms with Crippen molar-refractivity contribution >= 4 is 31.2 Å². The van der Waals surface area contributed by atoms with Crippen LogP contribution in [0.5, 0.6) is 5.75 Å². The highest BCUT2D eigenvalue weighted by molar-refractivity contribution is 14.1. The molecule has 0 fully saturated rings. The number of rotatable bonds is 4. The van der Waals surface area contributed by atoms with Gasteiger partial charge in [-0.1, -0.05) is 27.7 Å². The Labute approximate surface area is 128 Å². The summed E-state index contributed by atoms with van der Waals surface area (Å²) < 4.78 is 5.87. The highest BCUT2D eigenvalue weighted by Crippen LogP contribution is 2.41. The second kappa shape index (κ2) is 6.85. The van der Waals surface area contributed by atoms with Gasteiger partial charge in [0.25, 0.3) is 0 Å². The molecule has 0 aliphatic heterocycles. The smallest absolute Gasteiger partial charge is 0.391 e. The van der Waals surface area contributed by atoms with Crippen LogP contribution in [0.15, 0.2) is 6.07 Å². The molecule has 0 heterocycles. The summed E-state index contributed by atoms with van der Waals surface area (Å²) in [5.41, 5.74) is 2.59. The zero-order chi connectivity index (χ0) is 14.7. The molecule has 0 aromatic heterocycles. The first-order valence-corrected chi connectivity index (χ1v) is 8.16. The number of nitrogens with zero attached hydrogens (tertiary/aromatic N) is 1. The molecule has 2 N–H and O–H groups in total. The fraction of sp³-hybridized carbons (Fsp3) is 0.462. The Balaban J connectivity index is 3.59. The zero-order valence-electron chi connectivity index (χ0n) is 11.3. The quantitative estimate of drug-likeness (QED) is 0.599. The number of hydrogen-bond donors (Lipinski definition) is 2. The van der Waals surface area contributed by atoms with Gasteiger partial charge in [0.15, 0.2) is 0 Å². The normalized spacial score (nSPS) is 11.2. The highest BCUT2D eigenvalue weighted by Gasteiger charge is 2.22. The van der Waals surface area contributed by atoms with E-state index in [0.29, 0.717) is 11.3 Å². The van der Waals surface area contributed by atoms with E-state index in [2.05, 4.69) is 42.5 Å². The third-order valence-corrected chi connectivity index (χ3v) is 4.24. The fourth-order valence-corrected chi connectivity index (χ4v) is 3.77. The zero-order valence-corrected chi connectivity index (χ0v) is 14.4. The van der Waals surface area contributed by atoms with Crippen LogP contribution in [0.2, 0.25) is 0 Å². The average molecular weight is 393 g/mol. The summed E-state index contributed by atoms with van der Waals surface area (Å²) in [6.07, 6.45) is 0. The monoisotopic (exact) mass is 393 g/mol. The minimum atomic E-state index is -2.48. The molecular formula is C13H17INO3P. The summed E-state index contributed by atoms with van der Waals surface area (Å²) in [7, 11) is -2.48. The van der Waals surface area contributed by atoms with Gasteiger partial charge in [-0.2, -0.15) is 5.26 Å². The molecule has 0 aliphatic rings. The molecule has 0 unspecified atom stereocenters. The highest BCUT2D eigenvalue weighted by atomic mass is 127. The second-order valence-electron chi connectivity index (χ2n) is 4.83. The number of nitriles is 1. The lowest BCUT2D eigenvalue weighted by atomic mass is 9.87. The Morgan fingerprint density at radius 1 is 1.21 bits per heavy atom. The first-order chi connectivity index (χ1) is 8.79. The van der Waals surface area contributed by atoms with E-state index in [4.69, 9.17) is 14.3 Å². The summed E-state index contributed by atoms with van der Waals surface area (Å²) >= 11 is 2.14. The molecule has 0 atom stereocenters. The first kappa shape index (κ1) is 16.6. The van der Waals surface area contributed by atoms with E-state index in [1.807, 2.05) is 13.8 Å². The lowest BCUT2D eigenvalue weighted by molar-refractivity contribution is 0.373. The Bertz CT molecular complexity index is 510. The van der Waals surface area contributed by atoms with Gasteiger partial charge in [0.1, 0.15) is 5.75 Å². The van der Waals surface area contributed by atoms with Gasteiger partial charge in [0, 0.05) is 0 Å². The summed E-state index contributed by atoms with van der Waals surface area (Å²) in [5, 5.41) is 9.30. The number of hydrogen-bond acceptors (Lipinski definition) is 4. The molecule has 4 nitrogen and oxygen atoms in total. The fourth-order valence-electron chi connectivity index (χ4n) is 2.10. The maximum Gasteiger partial charge on any atom is 0.391 e. The van der Waals surface area contributed by atoms with Crippen LogP contribution in [0.3, 0.4) is 0 Å². The van der Waals surface area contributed by atoms with Gasteiger partial charge in [-0.05, 0) is 51.6 Å². The molecule has 0 amide bonds. The van der Waals surface area contributed by atoms with Gasteiger partial charge in [-0.25, -0.2) is 0 Å². The average Bonchev–Trinajstić information content (AvgIpc) is 2.29. The van der Waals surface area contributed by atoms with Gasteiger partial charge in [0.2, 0.25) is 0 Å². The summed E-state index contributed by atoms with van der Waals surface area (Å²) in [6, 6.07) is 3.76. The molecule has 0 saturated heterocycles. The molecule has 1 rings (SSSR count). The van der Waals surface area contributed by atoms with Gasteiger partial charge in [-0.15, -0.1) is 0 Å². The van der Waals surface area contributed by atoms with E-state index in [1.165, 1.54) is 0 Å². The minimum absolute atomic E-state index is 0.222. The predicted octanol–water partition coefficient (Wildman–Crippen LogP) is 4.00. The molecule has 0 radical (unpaired) electrons. The lowest BCUT2D eigenvalue weighted by Crippen LogP contribution is -2.06. The van der Waals surface area contributed by atoms with Crippen LogP contribution in [-0.2, 0) is 0 Å². The second-order valence-corrected chi connectivity index (χ2v) is 6.60. The summed E-state index contributed by atoms with van der Waals surface area (Å²) in [5.74, 6) is 0.810. The molecule has 0 saturated carbocycles. The van der Waals surface area contributed by atoms with Crippen LogP contribution in [0.25, 0.3) is 0 Å². The molecular weight excluding hydrogens is 376 g/mol. The van der Waals surface area contributed by atoms with Crippen molar-refractivity contribution in [2.24, 2.45) is 0 Å². The number of halogens is 1. The maximum absolute atomic E-state index is 9.30. The largest absolute Gasteiger partial charge is 0.426 e. The SMILES string of the molecule is CC(C)c1c(C#N)cc(OP(O)O)c(I)c1C(C)C. The summed E-state index contributed by atoms with van der Waals surface area (Å²) in [4.78, 5) is 18.0. The molecule has 0 spiro atoms. The standard InChI is InChI=1S/C13H17INO3P/c1-7(2)11-9(6-15)5-10(18-19(16)17)13(14)12(11)8(3)4/h5,7-8,16-17H,1-4H3. The lowest BCUT2D eigenvalue weighted by Gasteiger charge is -2.22. The molecule has 19 heavy (non-hydrogen) atoms. The molecule has 104 valence electrons. The van der Waals surface area contributed by atoms with E-state index in [-0.39, 0.29) is 11.8 Å². The Hall–Kier alpha value is -0.410. The van der Waals surface area contributed by atoms with E-state index >= 15 is 0 Å². The van der Waals surface area contributed by atoms with Gasteiger partial charge in [0.05, 0.1) is 15.2 Å². The predicted molar refractivity (Wildman–Crippen MR) is 84.0 cm³/mol. The molecule has 6 heteroatoms. The molecule has 1 aromatic carbocycles. The Morgan fingerprint density at radius 3 is 2.11 bits per heavy atom. The Kier molecular flexibility index (Phi) is 6.00. The van der Waals surface area contributed by atoms with Crippen LogP contribution in [0, 0.1) is 14.9 Å². The van der Waals surface area contributed by atoms with Crippen LogP contribution in [0.4, 0.5) is 0 Å². The van der Waals surface area contributed by atoms with Crippen LogP contribution >= 0.6 is 31.2 Å². The van der Waals surface area contributed by atoms with Gasteiger partial charge < -0.3 is 14.3 Å². The summed E-state index contributed by atoms with van der Waals surface area (Å²) in [6.45, 7) is 8.19. The van der Waals surface area contributed by atoms with Crippen molar-refractivity contribution in [3.8, 4) is 11.8 Å². The number of benzene rings is 1. The minimum Gasteiger partial charge on any atom is -0.426 e. The van der Waals surface area contributed by atoms with E-state index in [0.717, 1.165) is 14.7 Å². The third kappa shape index (κ3) is 3.79. The maximum atomic E-state index is 9.30. The van der Waals surface area contributed by atoms with Crippen molar-refractivity contribution in [2.45, 2.75) is 39.5 Å². The van der Waals surface area contributed by atoms with E-state index in [9.17, 15) is 5.26 Å². The van der Waals surface area contributed by atoms with Crippen molar-refractivity contribution in [3.05, 3.63) is 26.3 Å². The first-order valence-electron chi connectivity index (χ1n) is 5.91. The van der Waals surface area contributed by atoms with E-state index < -0.39 is 8.60 Å². The van der Waals surface area contributed by atoms with Crippen molar-refractivity contribution in [1.29, 1.82) is 5.26 Å². The van der Waals surface area contributed by atoms with Crippen molar-refractivity contribution in [3.63, 3.8) is 0 Å². The third-order valence-electron chi connectivity index (χ3n) is 2.76. The van der Waals surface area contributed by atoms with Crippen molar-refractivity contribution < 1.29 is 14.3 Å². The molecule has 0 bridgehead atoms. The van der Waals surface area contributed by atoms with E-state index in [1.54, 1.807) is 6.07 Å². The Morgan fingerprint density at radius 2 is 1.74 bits per heavy atom. The topological polar surface area (TPSA) is 73.5 Å². The van der Waals surface area contributed by atoms with Crippen molar-refractivity contribution in [1.82, 2.24) is 0 Å². The van der Waals surface area contributed by atoms with Crippen LogP contribution < -0.4 is 4.52 Å². The van der Waals surface area contributed by atoms with Crippen LogP contribution in [0.1, 0.15) is 56.2 Å². The molecule has 0 aliphatic carbocycles. The van der Waals surface area contributed by atoms with Crippen LogP contribution in [-0.4, -0.2) is 9.79 Å². The van der Waals surface area contributed by atoms with Crippen molar-refractivity contribution in [2.75, 3.05) is 0 Å².